The smallest absolute Gasteiger partial charge is 0.138 e. The van der Waals surface area contributed by atoms with Gasteiger partial charge in [-0.15, -0.1) is 0 Å². The van der Waals surface area contributed by atoms with Gasteiger partial charge in [0.05, 0.1) is 0 Å². The second kappa shape index (κ2) is 7.07. The van der Waals surface area contributed by atoms with Gasteiger partial charge >= 0.3 is 0 Å². The molecule has 112 valence electrons. The third-order valence-electron chi connectivity index (χ3n) is 3.34. The summed E-state index contributed by atoms with van der Waals surface area (Å²) in [4.78, 5) is 11.1. The van der Waals surface area contributed by atoms with E-state index in [2.05, 4.69) is 46.2 Å². The SMILES string of the molecule is Cc1nc(NCCC(C)C)cc(N(C)c2ccccc2)n1. The molecule has 4 heteroatoms. The van der Waals surface area contributed by atoms with Gasteiger partial charge in [-0.3, -0.25) is 0 Å². The monoisotopic (exact) mass is 284 g/mol. The average molecular weight is 284 g/mol. The third-order valence-corrected chi connectivity index (χ3v) is 3.34. The number of aryl methyl sites for hydroxylation is 1. The molecule has 1 aromatic heterocycles. The van der Waals surface area contributed by atoms with Gasteiger partial charge in [-0.1, -0.05) is 32.0 Å². The van der Waals surface area contributed by atoms with E-state index < -0.39 is 0 Å². The van der Waals surface area contributed by atoms with Gasteiger partial charge in [-0.25, -0.2) is 9.97 Å². The van der Waals surface area contributed by atoms with Crippen LogP contribution in [0.4, 0.5) is 17.3 Å². The molecule has 2 aromatic rings. The van der Waals surface area contributed by atoms with E-state index in [9.17, 15) is 0 Å². The van der Waals surface area contributed by atoms with Gasteiger partial charge in [0.25, 0.3) is 0 Å². The quantitative estimate of drug-likeness (QED) is 0.870. The minimum atomic E-state index is 0.687. The zero-order valence-electron chi connectivity index (χ0n) is 13.3. The number of hydrogen-bond acceptors (Lipinski definition) is 4. The molecular formula is C17H24N4. The molecule has 0 saturated heterocycles. The van der Waals surface area contributed by atoms with Gasteiger partial charge in [0.2, 0.25) is 0 Å². The van der Waals surface area contributed by atoms with Crippen LogP contribution in [-0.4, -0.2) is 23.6 Å². The molecule has 0 aliphatic carbocycles. The lowest BCUT2D eigenvalue weighted by Gasteiger charge is -2.19. The van der Waals surface area contributed by atoms with Crippen molar-refractivity contribution in [2.75, 3.05) is 23.8 Å². The summed E-state index contributed by atoms with van der Waals surface area (Å²) in [6.45, 7) is 7.31. The van der Waals surface area contributed by atoms with Gasteiger partial charge in [0.1, 0.15) is 17.5 Å². The molecule has 0 aliphatic heterocycles. The maximum atomic E-state index is 4.53. The van der Waals surface area contributed by atoms with Gasteiger partial charge in [0, 0.05) is 25.3 Å². The maximum absolute atomic E-state index is 4.53. The molecule has 0 aliphatic rings. The van der Waals surface area contributed by atoms with Crippen molar-refractivity contribution in [3.63, 3.8) is 0 Å². The van der Waals surface area contributed by atoms with Crippen molar-refractivity contribution in [3.8, 4) is 0 Å². The fourth-order valence-corrected chi connectivity index (χ4v) is 2.09. The first-order chi connectivity index (χ1) is 10.1. The first-order valence-electron chi connectivity index (χ1n) is 7.44. The number of anilines is 3. The van der Waals surface area contributed by atoms with E-state index in [0.717, 1.165) is 36.1 Å². The largest absolute Gasteiger partial charge is 0.370 e. The van der Waals surface area contributed by atoms with Crippen molar-refractivity contribution in [1.82, 2.24) is 9.97 Å². The van der Waals surface area contributed by atoms with Crippen LogP contribution in [0.15, 0.2) is 36.4 Å². The van der Waals surface area contributed by atoms with Crippen LogP contribution in [0.5, 0.6) is 0 Å². The Kier molecular flexibility index (Phi) is 5.14. The van der Waals surface area contributed by atoms with Crippen LogP contribution in [0.2, 0.25) is 0 Å². The van der Waals surface area contributed by atoms with Gasteiger partial charge < -0.3 is 10.2 Å². The van der Waals surface area contributed by atoms with Gasteiger partial charge in [0.15, 0.2) is 0 Å². The second-order valence-corrected chi connectivity index (χ2v) is 5.66. The van der Waals surface area contributed by atoms with E-state index in [1.165, 1.54) is 0 Å². The highest BCUT2D eigenvalue weighted by molar-refractivity contribution is 5.61. The van der Waals surface area contributed by atoms with Crippen molar-refractivity contribution in [2.24, 2.45) is 5.92 Å². The van der Waals surface area contributed by atoms with Crippen LogP contribution in [0.3, 0.4) is 0 Å². The molecule has 2 rings (SSSR count). The van der Waals surface area contributed by atoms with Crippen LogP contribution in [-0.2, 0) is 0 Å². The Morgan fingerprint density at radius 3 is 2.52 bits per heavy atom. The fourth-order valence-electron chi connectivity index (χ4n) is 2.09. The maximum Gasteiger partial charge on any atom is 0.138 e. The zero-order chi connectivity index (χ0) is 15.2. The molecule has 1 heterocycles. The van der Waals surface area contributed by atoms with Crippen molar-refractivity contribution in [3.05, 3.63) is 42.2 Å². The molecule has 0 unspecified atom stereocenters. The summed E-state index contributed by atoms with van der Waals surface area (Å²) in [5.41, 5.74) is 1.11. The zero-order valence-corrected chi connectivity index (χ0v) is 13.3. The highest BCUT2D eigenvalue weighted by Gasteiger charge is 2.08. The van der Waals surface area contributed by atoms with E-state index in [1.54, 1.807) is 0 Å². The Balaban J connectivity index is 2.14. The Hall–Kier alpha value is -2.10. The van der Waals surface area contributed by atoms with E-state index in [0.29, 0.717) is 5.92 Å². The second-order valence-electron chi connectivity index (χ2n) is 5.66. The van der Waals surface area contributed by atoms with Crippen molar-refractivity contribution in [2.45, 2.75) is 27.2 Å². The molecule has 1 N–H and O–H groups in total. The normalized spacial score (nSPS) is 10.7. The molecule has 0 amide bonds. The lowest BCUT2D eigenvalue weighted by molar-refractivity contribution is 0.606. The fraction of sp³-hybridized carbons (Fsp3) is 0.412. The van der Waals surface area contributed by atoms with E-state index in [4.69, 9.17) is 0 Å². The summed E-state index contributed by atoms with van der Waals surface area (Å²) >= 11 is 0. The van der Waals surface area contributed by atoms with Crippen molar-refractivity contribution >= 4 is 17.3 Å². The standard InChI is InChI=1S/C17H24N4/c1-13(2)10-11-18-16-12-17(20-14(3)19-16)21(4)15-8-6-5-7-9-15/h5-9,12-13H,10-11H2,1-4H3,(H,18,19,20). The molecule has 21 heavy (non-hydrogen) atoms. The predicted octanol–water partition coefficient (Wildman–Crippen LogP) is 4.01. The third kappa shape index (κ3) is 4.45. The van der Waals surface area contributed by atoms with Crippen LogP contribution in [0, 0.1) is 12.8 Å². The predicted molar refractivity (Wildman–Crippen MR) is 89.2 cm³/mol. The molecule has 0 spiro atoms. The van der Waals surface area contributed by atoms with Crippen molar-refractivity contribution < 1.29 is 0 Å². The molecule has 0 bridgehead atoms. The number of rotatable bonds is 6. The highest BCUT2D eigenvalue weighted by Crippen LogP contribution is 2.23. The Bertz CT molecular complexity index is 566. The molecular weight excluding hydrogens is 260 g/mol. The first-order valence-corrected chi connectivity index (χ1v) is 7.44. The van der Waals surface area contributed by atoms with Crippen LogP contribution in [0.25, 0.3) is 0 Å². The number of benzene rings is 1. The van der Waals surface area contributed by atoms with Crippen LogP contribution in [0.1, 0.15) is 26.1 Å². The molecule has 0 fully saturated rings. The first kappa shape index (κ1) is 15.3. The van der Waals surface area contributed by atoms with E-state index in [1.807, 2.05) is 38.2 Å². The number of nitrogens with one attached hydrogen (secondary N) is 1. The van der Waals surface area contributed by atoms with E-state index >= 15 is 0 Å². The minimum Gasteiger partial charge on any atom is -0.370 e. The van der Waals surface area contributed by atoms with E-state index in [-0.39, 0.29) is 0 Å². The number of para-hydroxylation sites is 1. The molecule has 0 radical (unpaired) electrons. The van der Waals surface area contributed by atoms with Crippen LogP contribution >= 0.6 is 0 Å². The Morgan fingerprint density at radius 1 is 1.14 bits per heavy atom. The lowest BCUT2D eigenvalue weighted by Crippen LogP contribution is -2.14. The number of nitrogens with zero attached hydrogens (tertiary/aromatic N) is 3. The summed E-state index contributed by atoms with van der Waals surface area (Å²) in [6, 6.07) is 12.2. The molecule has 4 nitrogen and oxygen atoms in total. The van der Waals surface area contributed by atoms with Gasteiger partial charge in [-0.05, 0) is 31.4 Å². The topological polar surface area (TPSA) is 41.1 Å². The molecule has 0 saturated carbocycles. The average Bonchev–Trinajstić information content (AvgIpc) is 2.46. The lowest BCUT2D eigenvalue weighted by atomic mass is 10.1. The summed E-state index contributed by atoms with van der Waals surface area (Å²) in [5, 5.41) is 3.39. The summed E-state index contributed by atoms with van der Waals surface area (Å²) in [5.74, 6) is 3.26. The minimum absolute atomic E-state index is 0.687. The van der Waals surface area contributed by atoms with Crippen molar-refractivity contribution in [1.29, 1.82) is 0 Å². The molecule has 1 aromatic carbocycles. The molecule has 0 atom stereocenters. The summed E-state index contributed by atoms with van der Waals surface area (Å²) in [6.07, 6.45) is 1.13. The summed E-state index contributed by atoms with van der Waals surface area (Å²) in [7, 11) is 2.02. The van der Waals surface area contributed by atoms with Gasteiger partial charge in [-0.2, -0.15) is 0 Å². The number of hydrogen-bond donors (Lipinski definition) is 1. The highest BCUT2D eigenvalue weighted by atomic mass is 15.2. The Morgan fingerprint density at radius 2 is 1.86 bits per heavy atom. The summed E-state index contributed by atoms with van der Waals surface area (Å²) < 4.78 is 0. The van der Waals surface area contributed by atoms with Crippen LogP contribution < -0.4 is 10.2 Å². The Labute approximate surface area is 127 Å². The number of aromatic nitrogens is 2.